The number of ether oxygens (including phenoxy) is 2. The normalized spacial score (nSPS) is 30.1. The fraction of sp³-hybridized carbons (Fsp3) is 0.600. The van der Waals surface area contributed by atoms with Gasteiger partial charge < -0.3 is 14.8 Å². The fourth-order valence-corrected chi connectivity index (χ4v) is 3.06. The molecule has 3 nitrogen and oxygen atoms in total. The molecule has 0 bridgehead atoms. The number of rotatable bonds is 2. The van der Waals surface area contributed by atoms with Crippen molar-refractivity contribution in [3.05, 3.63) is 29.3 Å². The van der Waals surface area contributed by atoms with Crippen LogP contribution in [0.2, 0.25) is 0 Å². The molecule has 2 aliphatic heterocycles. The van der Waals surface area contributed by atoms with Gasteiger partial charge in [0.1, 0.15) is 5.75 Å². The molecule has 0 spiro atoms. The van der Waals surface area contributed by atoms with E-state index in [2.05, 4.69) is 38.2 Å². The highest BCUT2D eigenvalue weighted by Crippen LogP contribution is 2.43. The largest absolute Gasteiger partial charge is 0.491 e. The van der Waals surface area contributed by atoms with Gasteiger partial charge in [0, 0.05) is 24.6 Å². The summed E-state index contributed by atoms with van der Waals surface area (Å²) in [5, 5.41) is 3.44. The van der Waals surface area contributed by atoms with Crippen molar-refractivity contribution in [2.75, 3.05) is 13.1 Å². The molecule has 3 heteroatoms. The second kappa shape index (κ2) is 4.25. The predicted molar refractivity (Wildman–Crippen MR) is 71.0 cm³/mol. The van der Waals surface area contributed by atoms with Crippen molar-refractivity contribution in [1.29, 1.82) is 0 Å². The molecule has 0 amide bonds. The molecule has 0 radical (unpaired) electrons. The number of nitrogens with one attached hydrogen (secondary N) is 1. The Kier molecular flexibility index (Phi) is 2.83. The van der Waals surface area contributed by atoms with Gasteiger partial charge in [0.25, 0.3) is 0 Å². The molecule has 18 heavy (non-hydrogen) atoms. The van der Waals surface area contributed by atoms with Crippen molar-refractivity contribution >= 4 is 0 Å². The van der Waals surface area contributed by atoms with E-state index in [0.29, 0.717) is 12.5 Å². The molecule has 1 fully saturated rings. The zero-order chi connectivity index (χ0) is 12.8. The van der Waals surface area contributed by atoms with Crippen LogP contribution >= 0.6 is 0 Å². The standard InChI is InChI=1S/C15H21NO2/c1-10(2)18-14-6-4-5-11-12(14)8-17-15(3)9-16-7-13(11)15/h4-6,10,13,16H,7-9H2,1-3H3/t13?,15-/m0/s1. The van der Waals surface area contributed by atoms with E-state index in [1.54, 1.807) is 0 Å². The maximum Gasteiger partial charge on any atom is 0.125 e. The summed E-state index contributed by atoms with van der Waals surface area (Å²) in [7, 11) is 0. The van der Waals surface area contributed by atoms with Crippen molar-refractivity contribution in [1.82, 2.24) is 5.32 Å². The quantitative estimate of drug-likeness (QED) is 0.870. The Labute approximate surface area is 108 Å². The van der Waals surface area contributed by atoms with Crippen molar-refractivity contribution in [2.45, 2.75) is 45.0 Å². The topological polar surface area (TPSA) is 30.5 Å². The molecule has 98 valence electrons. The summed E-state index contributed by atoms with van der Waals surface area (Å²) in [6, 6.07) is 6.37. The molecule has 0 aliphatic carbocycles. The van der Waals surface area contributed by atoms with Gasteiger partial charge in [-0.15, -0.1) is 0 Å². The van der Waals surface area contributed by atoms with Gasteiger partial charge in [-0.3, -0.25) is 0 Å². The Morgan fingerprint density at radius 3 is 3.06 bits per heavy atom. The molecule has 1 aromatic carbocycles. The lowest BCUT2D eigenvalue weighted by molar-refractivity contribution is -0.0529. The summed E-state index contributed by atoms with van der Waals surface area (Å²) in [6.07, 6.45) is 0.200. The molecule has 0 aromatic heterocycles. The van der Waals surface area contributed by atoms with Crippen LogP contribution in [0.15, 0.2) is 18.2 Å². The van der Waals surface area contributed by atoms with Gasteiger partial charge in [-0.2, -0.15) is 0 Å². The van der Waals surface area contributed by atoms with Gasteiger partial charge in [0.15, 0.2) is 0 Å². The van der Waals surface area contributed by atoms with Gasteiger partial charge in [0.2, 0.25) is 0 Å². The second-order valence-electron chi connectivity index (χ2n) is 5.78. The Morgan fingerprint density at radius 1 is 1.44 bits per heavy atom. The first-order valence-corrected chi connectivity index (χ1v) is 6.73. The Morgan fingerprint density at radius 2 is 2.28 bits per heavy atom. The average Bonchev–Trinajstić information content (AvgIpc) is 2.70. The average molecular weight is 247 g/mol. The highest BCUT2D eigenvalue weighted by Gasteiger charge is 2.45. The predicted octanol–water partition coefficient (Wildman–Crippen LogP) is 2.45. The number of fused-ring (bicyclic) bond motifs is 3. The lowest BCUT2D eigenvalue weighted by atomic mass is 9.81. The third-order valence-electron chi connectivity index (χ3n) is 4.02. The Balaban J connectivity index is 2.01. The maximum absolute atomic E-state index is 6.10. The van der Waals surface area contributed by atoms with Crippen LogP contribution in [-0.4, -0.2) is 24.8 Å². The summed E-state index contributed by atoms with van der Waals surface area (Å²) in [5.74, 6) is 1.42. The molecular weight excluding hydrogens is 226 g/mol. The zero-order valence-corrected chi connectivity index (χ0v) is 11.3. The van der Waals surface area contributed by atoms with Crippen molar-refractivity contribution < 1.29 is 9.47 Å². The second-order valence-corrected chi connectivity index (χ2v) is 5.78. The van der Waals surface area contributed by atoms with Gasteiger partial charge >= 0.3 is 0 Å². The summed E-state index contributed by atoms with van der Waals surface area (Å²) in [4.78, 5) is 0. The summed E-state index contributed by atoms with van der Waals surface area (Å²) in [6.45, 7) is 8.92. The highest BCUT2D eigenvalue weighted by atomic mass is 16.5. The lowest BCUT2D eigenvalue weighted by Crippen LogP contribution is -2.39. The van der Waals surface area contributed by atoms with Crippen LogP contribution in [-0.2, 0) is 11.3 Å². The summed E-state index contributed by atoms with van der Waals surface area (Å²) >= 11 is 0. The van der Waals surface area contributed by atoms with Gasteiger partial charge in [-0.25, -0.2) is 0 Å². The lowest BCUT2D eigenvalue weighted by Gasteiger charge is -2.37. The number of hydrogen-bond acceptors (Lipinski definition) is 3. The van der Waals surface area contributed by atoms with Crippen LogP contribution in [0.1, 0.15) is 37.8 Å². The van der Waals surface area contributed by atoms with E-state index >= 15 is 0 Å². The summed E-state index contributed by atoms with van der Waals surface area (Å²) < 4.78 is 12.0. The van der Waals surface area contributed by atoms with Crippen LogP contribution in [0.3, 0.4) is 0 Å². The van der Waals surface area contributed by atoms with E-state index in [1.165, 1.54) is 11.1 Å². The molecule has 1 aromatic rings. The van der Waals surface area contributed by atoms with Crippen LogP contribution in [0, 0.1) is 0 Å². The molecule has 2 aliphatic rings. The molecule has 3 rings (SSSR count). The third-order valence-corrected chi connectivity index (χ3v) is 4.02. The molecular formula is C15H21NO2. The molecule has 0 saturated carbocycles. The van der Waals surface area contributed by atoms with Crippen molar-refractivity contribution in [3.63, 3.8) is 0 Å². The van der Waals surface area contributed by atoms with E-state index in [1.807, 2.05) is 6.07 Å². The monoisotopic (exact) mass is 247 g/mol. The molecule has 1 N–H and O–H groups in total. The van der Waals surface area contributed by atoms with Crippen LogP contribution in [0.25, 0.3) is 0 Å². The van der Waals surface area contributed by atoms with Crippen LogP contribution < -0.4 is 10.1 Å². The van der Waals surface area contributed by atoms with Crippen molar-refractivity contribution in [3.8, 4) is 5.75 Å². The summed E-state index contributed by atoms with van der Waals surface area (Å²) in [5.41, 5.74) is 2.58. The van der Waals surface area contributed by atoms with E-state index in [0.717, 1.165) is 18.8 Å². The maximum atomic E-state index is 6.10. The van der Waals surface area contributed by atoms with E-state index in [-0.39, 0.29) is 11.7 Å². The molecule has 1 unspecified atom stereocenters. The molecule has 1 saturated heterocycles. The van der Waals surface area contributed by atoms with Crippen LogP contribution in [0.4, 0.5) is 0 Å². The minimum Gasteiger partial charge on any atom is -0.491 e. The SMILES string of the molecule is CC(C)Oc1cccc2c1CO[C@@]1(C)CNCC21. The Bertz CT molecular complexity index is 458. The van der Waals surface area contributed by atoms with E-state index < -0.39 is 0 Å². The van der Waals surface area contributed by atoms with Crippen LogP contribution in [0.5, 0.6) is 5.75 Å². The fourth-order valence-electron chi connectivity index (χ4n) is 3.06. The Hall–Kier alpha value is -1.06. The third kappa shape index (κ3) is 1.82. The molecule has 2 heterocycles. The van der Waals surface area contributed by atoms with Gasteiger partial charge in [-0.05, 0) is 32.4 Å². The molecule has 2 atom stereocenters. The van der Waals surface area contributed by atoms with Gasteiger partial charge in [0.05, 0.1) is 18.3 Å². The van der Waals surface area contributed by atoms with Crippen molar-refractivity contribution in [2.24, 2.45) is 0 Å². The van der Waals surface area contributed by atoms with Gasteiger partial charge in [-0.1, -0.05) is 12.1 Å². The first-order chi connectivity index (χ1) is 8.60. The zero-order valence-electron chi connectivity index (χ0n) is 11.3. The minimum atomic E-state index is -0.0521. The number of benzene rings is 1. The first kappa shape index (κ1) is 12.0. The highest BCUT2D eigenvalue weighted by molar-refractivity contribution is 5.45. The van der Waals surface area contributed by atoms with E-state index in [9.17, 15) is 0 Å². The smallest absolute Gasteiger partial charge is 0.125 e. The first-order valence-electron chi connectivity index (χ1n) is 6.73. The number of hydrogen-bond donors (Lipinski definition) is 1. The van der Waals surface area contributed by atoms with E-state index in [4.69, 9.17) is 9.47 Å². The minimum absolute atomic E-state index is 0.0521.